The molecular weight excluding hydrogens is 414 g/mol. The molecule has 0 unspecified atom stereocenters. The zero-order valence-electron chi connectivity index (χ0n) is 12.9. The standard InChI is InChI=1S/C16H14BrNO4S2/c1-9(19)18-11-7-10(3-4-13(11)23-2)12(20)8-22-16(21)14-5-6-15(17)24-14/h3-7H,8H2,1-2H3,(H,18,19). The van der Waals surface area contributed by atoms with Crippen molar-refractivity contribution in [2.24, 2.45) is 0 Å². The number of ether oxygens (including phenoxy) is 1. The molecule has 8 heteroatoms. The average molecular weight is 428 g/mol. The normalized spacial score (nSPS) is 10.3. The molecule has 1 aromatic carbocycles. The van der Waals surface area contributed by atoms with E-state index in [0.29, 0.717) is 16.1 Å². The highest BCUT2D eigenvalue weighted by atomic mass is 79.9. The Bertz CT molecular complexity index is 788. The molecule has 0 aliphatic heterocycles. The summed E-state index contributed by atoms with van der Waals surface area (Å²) in [6, 6.07) is 8.36. The Morgan fingerprint density at radius 3 is 2.58 bits per heavy atom. The van der Waals surface area contributed by atoms with Crippen molar-refractivity contribution >= 4 is 62.4 Å². The van der Waals surface area contributed by atoms with Crippen molar-refractivity contribution < 1.29 is 19.1 Å². The van der Waals surface area contributed by atoms with Crippen LogP contribution in [0.5, 0.6) is 0 Å². The van der Waals surface area contributed by atoms with Gasteiger partial charge in [-0.1, -0.05) is 6.07 Å². The Hall–Kier alpha value is -1.64. The summed E-state index contributed by atoms with van der Waals surface area (Å²) in [5.41, 5.74) is 0.936. The summed E-state index contributed by atoms with van der Waals surface area (Å²) >= 11 is 5.96. The first-order valence-corrected chi connectivity index (χ1v) is 9.65. The second-order valence-corrected chi connectivity index (χ2v) is 8.01. The van der Waals surface area contributed by atoms with Crippen LogP contribution < -0.4 is 5.32 Å². The summed E-state index contributed by atoms with van der Waals surface area (Å²) in [4.78, 5) is 36.6. The van der Waals surface area contributed by atoms with E-state index in [0.717, 1.165) is 8.68 Å². The van der Waals surface area contributed by atoms with Crippen LogP contribution in [0.2, 0.25) is 0 Å². The number of hydrogen-bond donors (Lipinski definition) is 1. The second-order valence-electron chi connectivity index (χ2n) is 4.70. The number of carbonyl (C=O) groups is 3. The lowest BCUT2D eigenvalue weighted by atomic mass is 10.1. The molecule has 5 nitrogen and oxygen atoms in total. The molecule has 2 rings (SSSR count). The predicted octanol–water partition coefficient (Wildman–Crippen LogP) is 4.23. The smallest absolute Gasteiger partial charge is 0.348 e. The van der Waals surface area contributed by atoms with E-state index < -0.39 is 5.97 Å². The van der Waals surface area contributed by atoms with Crippen LogP contribution in [0.15, 0.2) is 39.0 Å². The van der Waals surface area contributed by atoms with Gasteiger partial charge in [0.15, 0.2) is 12.4 Å². The number of carbonyl (C=O) groups excluding carboxylic acids is 3. The number of nitrogens with one attached hydrogen (secondary N) is 1. The van der Waals surface area contributed by atoms with Gasteiger partial charge in [0.2, 0.25) is 5.91 Å². The van der Waals surface area contributed by atoms with Crippen molar-refractivity contribution in [2.45, 2.75) is 11.8 Å². The van der Waals surface area contributed by atoms with Crippen LogP contribution in [-0.4, -0.2) is 30.5 Å². The van der Waals surface area contributed by atoms with Gasteiger partial charge in [0.1, 0.15) is 4.88 Å². The number of Topliss-reactive ketones (excluding diaryl/α,β-unsaturated/α-hetero) is 1. The van der Waals surface area contributed by atoms with Gasteiger partial charge in [-0.3, -0.25) is 9.59 Å². The fourth-order valence-electron chi connectivity index (χ4n) is 1.88. The highest BCUT2D eigenvalue weighted by Gasteiger charge is 2.15. The third-order valence-electron chi connectivity index (χ3n) is 2.94. The summed E-state index contributed by atoms with van der Waals surface area (Å²) < 4.78 is 5.86. The molecule has 0 atom stereocenters. The zero-order valence-corrected chi connectivity index (χ0v) is 16.1. The fourth-order valence-corrected chi connectivity index (χ4v) is 3.69. The van der Waals surface area contributed by atoms with Crippen LogP contribution in [0.3, 0.4) is 0 Å². The van der Waals surface area contributed by atoms with Crippen LogP contribution in [-0.2, 0) is 9.53 Å². The maximum atomic E-state index is 12.2. The lowest BCUT2D eigenvalue weighted by molar-refractivity contribution is -0.114. The van der Waals surface area contributed by atoms with E-state index in [2.05, 4.69) is 21.2 Å². The van der Waals surface area contributed by atoms with Gasteiger partial charge >= 0.3 is 5.97 Å². The first-order chi connectivity index (χ1) is 11.4. The van der Waals surface area contributed by atoms with E-state index in [1.54, 1.807) is 30.3 Å². The number of esters is 1. The molecule has 0 aliphatic carbocycles. The molecule has 0 aliphatic rings. The molecule has 126 valence electrons. The van der Waals surface area contributed by atoms with Gasteiger partial charge < -0.3 is 10.1 Å². The minimum absolute atomic E-state index is 0.218. The van der Waals surface area contributed by atoms with Gasteiger partial charge in [0, 0.05) is 17.4 Å². The van der Waals surface area contributed by atoms with E-state index in [9.17, 15) is 14.4 Å². The Kier molecular flexibility index (Phi) is 6.59. The van der Waals surface area contributed by atoms with Crippen LogP contribution >= 0.6 is 39.0 Å². The molecule has 0 spiro atoms. The number of anilines is 1. The first-order valence-electron chi connectivity index (χ1n) is 6.82. The number of halogens is 1. The van der Waals surface area contributed by atoms with E-state index >= 15 is 0 Å². The molecule has 0 bridgehead atoms. The van der Waals surface area contributed by atoms with Crippen molar-refractivity contribution in [3.8, 4) is 0 Å². The topological polar surface area (TPSA) is 72.5 Å². The maximum absolute atomic E-state index is 12.2. The fraction of sp³-hybridized carbons (Fsp3) is 0.188. The molecule has 2 aromatic rings. The van der Waals surface area contributed by atoms with Crippen LogP contribution in [0.4, 0.5) is 5.69 Å². The van der Waals surface area contributed by atoms with E-state index in [1.807, 2.05) is 6.26 Å². The van der Waals surface area contributed by atoms with Crippen LogP contribution in [0.1, 0.15) is 27.0 Å². The van der Waals surface area contributed by atoms with Crippen molar-refractivity contribution in [2.75, 3.05) is 18.2 Å². The van der Waals surface area contributed by atoms with Gasteiger partial charge in [-0.2, -0.15) is 0 Å². The second kappa shape index (κ2) is 8.46. The Labute approximate surface area is 155 Å². The van der Waals surface area contributed by atoms with Crippen molar-refractivity contribution in [3.63, 3.8) is 0 Å². The summed E-state index contributed by atoms with van der Waals surface area (Å²) in [5, 5.41) is 2.69. The van der Waals surface area contributed by atoms with Gasteiger partial charge in [0.05, 0.1) is 9.47 Å². The molecule has 1 amide bonds. The number of amides is 1. The van der Waals surface area contributed by atoms with E-state index in [1.165, 1.54) is 30.0 Å². The van der Waals surface area contributed by atoms with Crippen molar-refractivity contribution in [3.05, 3.63) is 44.6 Å². The SMILES string of the molecule is CSc1ccc(C(=O)COC(=O)c2ccc(Br)s2)cc1NC(C)=O. The molecule has 1 heterocycles. The van der Waals surface area contributed by atoms with Gasteiger partial charge in [-0.05, 0) is 46.5 Å². The molecule has 0 saturated heterocycles. The lowest BCUT2D eigenvalue weighted by Gasteiger charge is -2.10. The quantitative estimate of drug-likeness (QED) is 0.424. The van der Waals surface area contributed by atoms with Gasteiger partial charge in [-0.15, -0.1) is 23.1 Å². The number of benzene rings is 1. The Balaban J connectivity index is 2.06. The summed E-state index contributed by atoms with van der Waals surface area (Å²) in [6.07, 6.45) is 1.88. The summed E-state index contributed by atoms with van der Waals surface area (Å²) in [5.74, 6) is -1.09. The maximum Gasteiger partial charge on any atom is 0.348 e. The summed E-state index contributed by atoms with van der Waals surface area (Å²) in [6.45, 7) is 1.05. The number of rotatable bonds is 6. The Morgan fingerprint density at radius 2 is 2.00 bits per heavy atom. The summed E-state index contributed by atoms with van der Waals surface area (Å²) in [7, 11) is 0. The Morgan fingerprint density at radius 1 is 1.25 bits per heavy atom. The lowest BCUT2D eigenvalue weighted by Crippen LogP contribution is -2.14. The van der Waals surface area contributed by atoms with E-state index in [4.69, 9.17) is 4.74 Å². The third kappa shape index (κ3) is 4.93. The molecule has 1 N–H and O–H groups in total. The molecule has 1 aromatic heterocycles. The minimum atomic E-state index is -0.540. The number of thioether (sulfide) groups is 1. The van der Waals surface area contributed by atoms with E-state index in [-0.39, 0.29) is 18.3 Å². The first kappa shape index (κ1) is 18.7. The number of hydrogen-bond acceptors (Lipinski definition) is 6. The number of ketones is 1. The average Bonchev–Trinajstić information content (AvgIpc) is 2.98. The predicted molar refractivity (Wildman–Crippen MR) is 99.2 cm³/mol. The van der Waals surface area contributed by atoms with Crippen molar-refractivity contribution in [1.82, 2.24) is 0 Å². The van der Waals surface area contributed by atoms with Crippen LogP contribution in [0.25, 0.3) is 0 Å². The van der Waals surface area contributed by atoms with Gasteiger partial charge in [-0.25, -0.2) is 4.79 Å². The monoisotopic (exact) mass is 427 g/mol. The van der Waals surface area contributed by atoms with Crippen molar-refractivity contribution in [1.29, 1.82) is 0 Å². The minimum Gasteiger partial charge on any atom is -0.453 e. The molecular formula is C16H14BrNO4S2. The zero-order chi connectivity index (χ0) is 17.7. The molecule has 0 saturated carbocycles. The third-order valence-corrected chi connectivity index (χ3v) is 5.34. The largest absolute Gasteiger partial charge is 0.453 e. The van der Waals surface area contributed by atoms with Gasteiger partial charge in [0.25, 0.3) is 0 Å². The number of thiophene rings is 1. The molecule has 24 heavy (non-hydrogen) atoms. The molecule has 0 fully saturated rings. The highest BCUT2D eigenvalue weighted by molar-refractivity contribution is 9.11. The van der Waals surface area contributed by atoms with Crippen LogP contribution in [0, 0.1) is 0 Å². The molecule has 0 radical (unpaired) electrons. The highest BCUT2D eigenvalue weighted by Crippen LogP contribution is 2.27.